The summed E-state index contributed by atoms with van der Waals surface area (Å²) in [7, 11) is -3.56. The molecule has 0 saturated carbocycles. The maximum Gasteiger partial charge on any atom is 0.261 e. The van der Waals surface area contributed by atoms with Crippen molar-refractivity contribution >= 4 is 45.4 Å². The van der Waals surface area contributed by atoms with Crippen LogP contribution in [0.5, 0.6) is 0 Å². The number of halogens is 2. The molecule has 1 unspecified atom stereocenters. The molecule has 1 atom stereocenters. The Morgan fingerprint density at radius 1 is 1.38 bits per heavy atom. The third-order valence-electron chi connectivity index (χ3n) is 4.19. The second-order valence-corrected chi connectivity index (χ2v) is 9.28. The molecular weight excluding hydrogens is 389 g/mol. The second kappa shape index (κ2) is 7.27. The maximum absolute atomic E-state index is 12.7. The molecule has 1 saturated heterocycles. The van der Waals surface area contributed by atoms with Gasteiger partial charge in [-0.05, 0) is 30.5 Å². The molecule has 5 nitrogen and oxygen atoms in total. The average Bonchev–Trinajstić information content (AvgIpc) is 3.16. The Morgan fingerprint density at radius 2 is 2.04 bits per heavy atom. The van der Waals surface area contributed by atoms with Gasteiger partial charge in [0.2, 0.25) is 0 Å². The summed E-state index contributed by atoms with van der Waals surface area (Å²) in [5, 5.41) is 3.00. The molecule has 0 aliphatic carbocycles. The Bertz CT molecular complexity index is 808. The fourth-order valence-corrected chi connectivity index (χ4v) is 5.37. The summed E-state index contributed by atoms with van der Waals surface area (Å²) in [6.45, 7) is 3.43. The highest BCUT2D eigenvalue weighted by molar-refractivity contribution is 7.89. The molecule has 2 heterocycles. The van der Waals surface area contributed by atoms with Crippen LogP contribution in [0.2, 0.25) is 5.02 Å². The molecule has 2 aromatic rings. The molecule has 0 amide bonds. The molecule has 0 radical (unpaired) electrons. The smallest absolute Gasteiger partial charge is 0.261 e. The van der Waals surface area contributed by atoms with E-state index in [1.54, 1.807) is 17.5 Å². The highest BCUT2D eigenvalue weighted by atomic mass is 35.5. The monoisotopic (exact) mass is 407 g/mol. The molecule has 1 aliphatic rings. The van der Waals surface area contributed by atoms with Crippen LogP contribution in [-0.4, -0.2) is 37.3 Å². The van der Waals surface area contributed by atoms with Gasteiger partial charge in [0.25, 0.3) is 10.0 Å². The fraction of sp³-hybridized carbons (Fsp3) is 0.400. The van der Waals surface area contributed by atoms with Crippen LogP contribution < -0.4 is 5.73 Å². The van der Waals surface area contributed by atoms with Crippen LogP contribution in [0.4, 0.5) is 0 Å². The predicted molar refractivity (Wildman–Crippen MR) is 100 cm³/mol. The molecule has 132 valence electrons. The molecule has 1 aromatic heterocycles. The van der Waals surface area contributed by atoms with Gasteiger partial charge in [-0.15, -0.1) is 23.7 Å². The Balaban J connectivity index is 0.00000208. The van der Waals surface area contributed by atoms with Gasteiger partial charge in [0.15, 0.2) is 5.03 Å². The summed E-state index contributed by atoms with van der Waals surface area (Å²) < 4.78 is 27.0. The van der Waals surface area contributed by atoms with Crippen LogP contribution in [0.15, 0.2) is 34.7 Å². The van der Waals surface area contributed by atoms with Gasteiger partial charge in [0, 0.05) is 29.1 Å². The van der Waals surface area contributed by atoms with E-state index in [1.165, 1.54) is 15.6 Å². The highest BCUT2D eigenvalue weighted by Gasteiger charge is 2.39. The maximum atomic E-state index is 12.7. The Hall–Kier alpha value is -0.700. The second-order valence-electron chi connectivity index (χ2n) is 6.10. The number of benzene rings is 1. The van der Waals surface area contributed by atoms with Crippen LogP contribution in [-0.2, 0) is 10.0 Å². The van der Waals surface area contributed by atoms with Gasteiger partial charge in [-0.25, -0.2) is 13.4 Å². The molecule has 24 heavy (non-hydrogen) atoms. The predicted octanol–water partition coefficient (Wildman–Crippen LogP) is 3.24. The van der Waals surface area contributed by atoms with E-state index in [0.717, 1.165) is 12.0 Å². The van der Waals surface area contributed by atoms with Crippen molar-refractivity contribution in [3.63, 3.8) is 0 Å². The van der Waals surface area contributed by atoms with E-state index in [2.05, 4.69) is 4.98 Å². The zero-order valence-electron chi connectivity index (χ0n) is 13.1. The lowest BCUT2D eigenvalue weighted by molar-refractivity contribution is 0.349. The van der Waals surface area contributed by atoms with Crippen molar-refractivity contribution in [3.05, 3.63) is 34.7 Å². The van der Waals surface area contributed by atoms with Crippen molar-refractivity contribution in [2.75, 3.05) is 19.6 Å². The van der Waals surface area contributed by atoms with Crippen LogP contribution in [0.3, 0.4) is 0 Å². The lowest BCUT2D eigenvalue weighted by atomic mass is 9.90. The van der Waals surface area contributed by atoms with Gasteiger partial charge in [-0.2, -0.15) is 4.31 Å². The van der Waals surface area contributed by atoms with Crippen molar-refractivity contribution in [2.24, 2.45) is 11.1 Å². The Kier molecular flexibility index (Phi) is 5.95. The number of hydrogen-bond acceptors (Lipinski definition) is 5. The highest BCUT2D eigenvalue weighted by Crippen LogP contribution is 2.34. The van der Waals surface area contributed by atoms with E-state index in [0.29, 0.717) is 29.7 Å². The third-order valence-corrected chi connectivity index (χ3v) is 7.22. The van der Waals surface area contributed by atoms with Crippen molar-refractivity contribution in [1.82, 2.24) is 9.29 Å². The molecule has 0 spiro atoms. The minimum atomic E-state index is -3.56. The Morgan fingerprint density at radius 3 is 2.62 bits per heavy atom. The molecule has 1 fully saturated rings. The third kappa shape index (κ3) is 3.76. The summed E-state index contributed by atoms with van der Waals surface area (Å²) in [4.78, 5) is 4.31. The number of thiazole rings is 1. The molecular formula is C15H19Cl2N3O2S2. The lowest BCUT2D eigenvalue weighted by Crippen LogP contribution is -2.34. The quantitative estimate of drug-likeness (QED) is 0.843. The largest absolute Gasteiger partial charge is 0.330 e. The first-order valence-corrected chi connectivity index (χ1v) is 9.96. The van der Waals surface area contributed by atoms with Gasteiger partial charge in [0.05, 0.1) is 0 Å². The number of nitrogens with zero attached hydrogens (tertiary/aromatic N) is 2. The van der Waals surface area contributed by atoms with Crippen LogP contribution in [0.25, 0.3) is 10.6 Å². The van der Waals surface area contributed by atoms with Crippen LogP contribution in [0.1, 0.15) is 13.3 Å². The van der Waals surface area contributed by atoms with Crippen molar-refractivity contribution in [2.45, 2.75) is 18.4 Å². The average molecular weight is 408 g/mol. The van der Waals surface area contributed by atoms with Gasteiger partial charge >= 0.3 is 0 Å². The number of aromatic nitrogens is 1. The normalized spacial score (nSPS) is 21.6. The van der Waals surface area contributed by atoms with Gasteiger partial charge in [-0.1, -0.05) is 30.7 Å². The fourth-order valence-electron chi connectivity index (χ4n) is 2.59. The van der Waals surface area contributed by atoms with Gasteiger partial charge in [0.1, 0.15) is 5.01 Å². The van der Waals surface area contributed by atoms with E-state index >= 15 is 0 Å². The minimum Gasteiger partial charge on any atom is -0.330 e. The minimum absolute atomic E-state index is 0. The first-order valence-electron chi connectivity index (χ1n) is 7.26. The lowest BCUT2D eigenvalue weighted by Gasteiger charge is -2.21. The standard InChI is InChI=1S/C15H18ClN3O2S2.ClH/c1-15(9-17)6-7-19(10-15)23(20,21)13-8-22-14(18-13)11-2-4-12(16)5-3-11;/h2-5,8H,6-7,9-10,17H2,1H3;1H. The Labute approximate surface area is 157 Å². The molecule has 1 aromatic carbocycles. The summed E-state index contributed by atoms with van der Waals surface area (Å²) in [5.41, 5.74) is 6.46. The first kappa shape index (κ1) is 19.6. The zero-order valence-corrected chi connectivity index (χ0v) is 16.3. The van der Waals surface area contributed by atoms with E-state index in [1.807, 2.05) is 19.1 Å². The molecule has 0 bridgehead atoms. The van der Waals surface area contributed by atoms with Crippen LogP contribution >= 0.6 is 35.3 Å². The van der Waals surface area contributed by atoms with Gasteiger partial charge in [-0.3, -0.25) is 0 Å². The van der Waals surface area contributed by atoms with Crippen molar-refractivity contribution < 1.29 is 8.42 Å². The summed E-state index contributed by atoms with van der Waals surface area (Å²) in [5.74, 6) is 0. The zero-order chi connectivity index (χ0) is 16.7. The molecule has 9 heteroatoms. The summed E-state index contributed by atoms with van der Waals surface area (Å²) >= 11 is 7.19. The molecule has 2 N–H and O–H groups in total. The van der Waals surface area contributed by atoms with E-state index in [4.69, 9.17) is 17.3 Å². The van der Waals surface area contributed by atoms with Gasteiger partial charge < -0.3 is 5.73 Å². The van der Waals surface area contributed by atoms with E-state index in [-0.39, 0.29) is 22.8 Å². The topological polar surface area (TPSA) is 76.3 Å². The number of hydrogen-bond donors (Lipinski definition) is 1. The van der Waals surface area contributed by atoms with Crippen LogP contribution in [0, 0.1) is 5.41 Å². The SMILES string of the molecule is CC1(CN)CCN(S(=O)(=O)c2csc(-c3ccc(Cl)cc3)n2)C1.Cl. The molecule has 3 rings (SSSR count). The van der Waals surface area contributed by atoms with E-state index in [9.17, 15) is 8.42 Å². The van der Waals surface area contributed by atoms with E-state index < -0.39 is 10.0 Å². The number of nitrogens with two attached hydrogens (primary N) is 1. The number of sulfonamides is 1. The first-order chi connectivity index (χ1) is 10.8. The number of rotatable bonds is 4. The summed E-state index contributed by atoms with van der Waals surface area (Å²) in [6.07, 6.45) is 0.775. The van der Waals surface area contributed by atoms with Crippen molar-refractivity contribution in [1.29, 1.82) is 0 Å². The molecule has 1 aliphatic heterocycles. The van der Waals surface area contributed by atoms with Crippen molar-refractivity contribution in [3.8, 4) is 10.6 Å². The summed E-state index contributed by atoms with van der Waals surface area (Å²) in [6, 6.07) is 7.19.